The first-order chi connectivity index (χ1) is 6.24. The summed E-state index contributed by atoms with van der Waals surface area (Å²) in [5.74, 6) is 0. The molecule has 0 heterocycles. The Hall–Kier alpha value is -0.160. The van der Waals surface area contributed by atoms with E-state index in [0.717, 1.165) is 43.5 Å². The van der Waals surface area contributed by atoms with Gasteiger partial charge in [0.15, 0.2) is 0 Å². The fourth-order valence-corrected chi connectivity index (χ4v) is 1.78. The van der Waals surface area contributed by atoms with E-state index in [1.165, 1.54) is 0 Å². The van der Waals surface area contributed by atoms with Crippen molar-refractivity contribution >= 4 is 0 Å². The molecule has 3 N–H and O–H groups in total. The van der Waals surface area contributed by atoms with Crippen LogP contribution in [-0.2, 0) is 0 Å². The molecule has 0 rings (SSSR count). The summed E-state index contributed by atoms with van der Waals surface area (Å²) in [6.45, 7) is 9.16. The SMILES string of the molecule is CC[N+](CC)(CCCO)CCCO.[OH-]. The summed E-state index contributed by atoms with van der Waals surface area (Å²) in [7, 11) is 0. The van der Waals surface area contributed by atoms with Crippen LogP contribution in [0.3, 0.4) is 0 Å². The molecule has 0 saturated carbocycles. The first-order valence-corrected chi connectivity index (χ1v) is 5.31. The standard InChI is InChI=1S/C10H24NO2.H2O/c1-3-11(4-2,7-5-9-12)8-6-10-13;/h12-13H,3-10H2,1-2H3;1H2/q+1;/p-1. The topological polar surface area (TPSA) is 70.5 Å². The van der Waals surface area contributed by atoms with Crippen molar-refractivity contribution in [2.45, 2.75) is 26.7 Å². The summed E-state index contributed by atoms with van der Waals surface area (Å²) in [5.41, 5.74) is 0. The number of hydrogen-bond acceptors (Lipinski definition) is 3. The predicted molar refractivity (Wildman–Crippen MR) is 56.4 cm³/mol. The van der Waals surface area contributed by atoms with Gasteiger partial charge in [0.2, 0.25) is 0 Å². The molecule has 0 aliphatic carbocycles. The van der Waals surface area contributed by atoms with E-state index < -0.39 is 0 Å². The smallest absolute Gasteiger partial charge is 0.0808 e. The molecule has 0 spiro atoms. The highest BCUT2D eigenvalue weighted by atomic mass is 16.3. The Labute approximate surface area is 87.1 Å². The van der Waals surface area contributed by atoms with Gasteiger partial charge in [-0.2, -0.15) is 0 Å². The number of aliphatic hydroxyl groups is 2. The van der Waals surface area contributed by atoms with E-state index >= 15 is 0 Å². The third kappa shape index (κ3) is 5.54. The maximum atomic E-state index is 8.79. The molecule has 0 fully saturated rings. The fourth-order valence-electron chi connectivity index (χ4n) is 1.78. The predicted octanol–water partition coefficient (Wildman–Crippen LogP) is 0.431. The second-order valence-corrected chi connectivity index (χ2v) is 3.58. The molecule has 0 saturated heterocycles. The van der Waals surface area contributed by atoms with Gasteiger partial charge in [0.05, 0.1) is 26.2 Å². The van der Waals surface area contributed by atoms with Gasteiger partial charge in [-0.3, -0.25) is 0 Å². The van der Waals surface area contributed by atoms with Gasteiger partial charge in [0.1, 0.15) is 0 Å². The summed E-state index contributed by atoms with van der Waals surface area (Å²) < 4.78 is 1.03. The van der Waals surface area contributed by atoms with Gasteiger partial charge >= 0.3 is 0 Å². The van der Waals surface area contributed by atoms with Crippen LogP contribution in [0.4, 0.5) is 0 Å². The van der Waals surface area contributed by atoms with Crippen molar-refractivity contribution in [3.05, 3.63) is 0 Å². The lowest BCUT2D eigenvalue weighted by Gasteiger charge is -2.36. The molecule has 0 aromatic rings. The van der Waals surface area contributed by atoms with Crippen molar-refractivity contribution in [3.63, 3.8) is 0 Å². The minimum Gasteiger partial charge on any atom is -0.870 e. The zero-order valence-electron chi connectivity index (χ0n) is 9.45. The van der Waals surface area contributed by atoms with Crippen LogP contribution in [0.1, 0.15) is 26.7 Å². The maximum absolute atomic E-state index is 8.79. The van der Waals surface area contributed by atoms with Gasteiger partial charge in [-0.15, -0.1) is 0 Å². The zero-order chi connectivity index (χ0) is 10.2. The molecule has 0 unspecified atom stereocenters. The normalized spacial score (nSPS) is 11.1. The Bertz CT molecular complexity index is 106. The highest BCUT2D eigenvalue weighted by molar-refractivity contribution is 4.43. The number of nitrogens with zero attached hydrogens (tertiary/aromatic N) is 1. The highest BCUT2D eigenvalue weighted by Gasteiger charge is 2.21. The third-order valence-corrected chi connectivity index (χ3v) is 2.92. The first kappa shape index (κ1) is 16.3. The second-order valence-electron chi connectivity index (χ2n) is 3.58. The van der Waals surface area contributed by atoms with E-state index in [1.54, 1.807) is 0 Å². The van der Waals surface area contributed by atoms with Crippen molar-refractivity contribution in [1.82, 2.24) is 0 Å². The number of quaternary nitrogens is 1. The minimum atomic E-state index is 0. The third-order valence-electron chi connectivity index (χ3n) is 2.92. The molecule has 0 atom stereocenters. The van der Waals surface area contributed by atoms with Crippen molar-refractivity contribution in [2.24, 2.45) is 0 Å². The van der Waals surface area contributed by atoms with Crippen LogP contribution in [0.25, 0.3) is 0 Å². The summed E-state index contributed by atoms with van der Waals surface area (Å²) in [6, 6.07) is 0. The molecule has 0 bridgehead atoms. The van der Waals surface area contributed by atoms with Crippen LogP contribution in [0.15, 0.2) is 0 Å². The Kier molecular flexibility index (Phi) is 10.9. The summed E-state index contributed by atoms with van der Waals surface area (Å²) >= 11 is 0. The van der Waals surface area contributed by atoms with Gasteiger partial charge in [-0.25, -0.2) is 0 Å². The Morgan fingerprint density at radius 2 is 1.21 bits per heavy atom. The Morgan fingerprint density at radius 1 is 0.857 bits per heavy atom. The van der Waals surface area contributed by atoms with Crippen molar-refractivity contribution in [3.8, 4) is 0 Å². The Morgan fingerprint density at radius 3 is 1.43 bits per heavy atom. The number of aliphatic hydroxyl groups excluding tert-OH is 2. The number of rotatable bonds is 8. The highest BCUT2D eigenvalue weighted by Crippen LogP contribution is 2.08. The Balaban J connectivity index is 0. The van der Waals surface area contributed by atoms with Gasteiger partial charge in [0.25, 0.3) is 0 Å². The zero-order valence-corrected chi connectivity index (χ0v) is 9.45. The van der Waals surface area contributed by atoms with Crippen LogP contribution >= 0.6 is 0 Å². The molecule has 0 aromatic heterocycles. The summed E-state index contributed by atoms with van der Waals surface area (Å²) in [4.78, 5) is 0. The van der Waals surface area contributed by atoms with Crippen molar-refractivity contribution in [2.75, 3.05) is 39.4 Å². The monoisotopic (exact) mass is 207 g/mol. The van der Waals surface area contributed by atoms with Gasteiger partial charge in [-0.05, 0) is 13.8 Å². The average molecular weight is 207 g/mol. The number of hydrogen-bond donors (Lipinski definition) is 2. The molecule has 0 radical (unpaired) electrons. The largest absolute Gasteiger partial charge is 0.870 e. The van der Waals surface area contributed by atoms with Crippen LogP contribution < -0.4 is 0 Å². The van der Waals surface area contributed by atoms with E-state index in [-0.39, 0.29) is 18.7 Å². The van der Waals surface area contributed by atoms with Crippen LogP contribution in [0.2, 0.25) is 0 Å². The maximum Gasteiger partial charge on any atom is 0.0808 e. The molecule has 4 heteroatoms. The van der Waals surface area contributed by atoms with Crippen LogP contribution in [0, 0.1) is 0 Å². The van der Waals surface area contributed by atoms with Gasteiger partial charge < -0.3 is 20.2 Å². The van der Waals surface area contributed by atoms with Crippen molar-refractivity contribution < 1.29 is 20.2 Å². The molecule has 14 heavy (non-hydrogen) atoms. The van der Waals surface area contributed by atoms with E-state index in [0.29, 0.717) is 0 Å². The van der Waals surface area contributed by atoms with E-state index in [9.17, 15) is 0 Å². The summed E-state index contributed by atoms with van der Waals surface area (Å²) in [6.07, 6.45) is 1.74. The van der Waals surface area contributed by atoms with Crippen molar-refractivity contribution in [1.29, 1.82) is 0 Å². The van der Waals surface area contributed by atoms with E-state index in [1.807, 2.05) is 0 Å². The molecular formula is C10H25NO3. The molecule has 0 aliphatic rings. The molecule has 0 aliphatic heterocycles. The second kappa shape index (κ2) is 9.40. The minimum absolute atomic E-state index is 0. The molecule has 4 nitrogen and oxygen atoms in total. The van der Waals surface area contributed by atoms with E-state index in [2.05, 4.69) is 13.8 Å². The van der Waals surface area contributed by atoms with Crippen LogP contribution in [-0.4, -0.2) is 59.6 Å². The lowest BCUT2D eigenvalue weighted by molar-refractivity contribution is -0.925. The molecule has 88 valence electrons. The molecular weight excluding hydrogens is 182 g/mol. The molecule has 0 amide bonds. The lowest BCUT2D eigenvalue weighted by atomic mass is 10.2. The lowest BCUT2D eigenvalue weighted by Crippen LogP contribution is -2.49. The summed E-state index contributed by atoms with van der Waals surface area (Å²) in [5, 5.41) is 17.6. The van der Waals surface area contributed by atoms with E-state index in [4.69, 9.17) is 10.2 Å². The molecule has 0 aromatic carbocycles. The van der Waals surface area contributed by atoms with Gasteiger partial charge in [-0.1, -0.05) is 0 Å². The van der Waals surface area contributed by atoms with Crippen LogP contribution in [0.5, 0.6) is 0 Å². The average Bonchev–Trinajstić information content (AvgIpc) is 2.20. The first-order valence-electron chi connectivity index (χ1n) is 5.31. The fraction of sp³-hybridized carbons (Fsp3) is 1.00. The quantitative estimate of drug-likeness (QED) is 0.567. The van der Waals surface area contributed by atoms with Gasteiger partial charge in [0, 0.05) is 26.1 Å².